The van der Waals surface area contributed by atoms with Crippen LogP contribution in [0.3, 0.4) is 0 Å². The van der Waals surface area contributed by atoms with Crippen LogP contribution in [0.4, 0.5) is 0 Å². The minimum atomic E-state index is 0.132. The van der Waals surface area contributed by atoms with Gasteiger partial charge in [0.2, 0.25) is 0 Å². The number of hydrogen-bond acceptors (Lipinski definition) is 3. The fourth-order valence-electron chi connectivity index (χ4n) is 2.70. The van der Waals surface area contributed by atoms with Crippen molar-refractivity contribution in [3.05, 3.63) is 35.9 Å². The Bertz CT molecular complexity index is 339. The molecule has 0 saturated carbocycles. The number of nitrogens with zero attached hydrogens (tertiary/aromatic N) is 1. The van der Waals surface area contributed by atoms with E-state index in [1.807, 2.05) is 6.07 Å². The van der Waals surface area contributed by atoms with Crippen molar-refractivity contribution in [3.63, 3.8) is 0 Å². The van der Waals surface area contributed by atoms with Gasteiger partial charge in [0, 0.05) is 32.3 Å². The van der Waals surface area contributed by atoms with Gasteiger partial charge in [0.25, 0.3) is 0 Å². The molecule has 1 aromatic carbocycles. The molecular formula is C14H22N2O. The smallest absolute Gasteiger partial charge is 0.0710 e. The SMILES string of the molecule is COC1CCN(C(c2ccccc2)C(C)N)C1. The molecule has 2 N–H and O–H groups in total. The molecule has 1 aliphatic heterocycles. The van der Waals surface area contributed by atoms with Crippen LogP contribution in [0.1, 0.15) is 24.9 Å². The van der Waals surface area contributed by atoms with Gasteiger partial charge in [-0.3, -0.25) is 4.90 Å². The third kappa shape index (κ3) is 2.86. The first-order valence-corrected chi connectivity index (χ1v) is 6.29. The van der Waals surface area contributed by atoms with Crippen LogP contribution in [0.5, 0.6) is 0 Å². The van der Waals surface area contributed by atoms with Crippen molar-refractivity contribution in [1.82, 2.24) is 4.90 Å². The molecule has 17 heavy (non-hydrogen) atoms. The molecule has 3 atom stereocenters. The summed E-state index contributed by atoms with van der Waals surface area (Å²) in [7, 11) is 1.79. The van der Waals surface area contributed by atoms with Gasteiger partial charge in [0.1, 0.15) is 0 Å². The van der Waals surface area contributed by atoms with E-state index in [0.29, 0.717) is 12.1 Å². The molecule has 1 aromatic rings. The van der Waals surface area contributed by atoms with E-state index >= 15 is 0 Å². The molecule has 0 amide bonds. The lowest BCUT2D eigenvalue weighted by molar-refractivity contribution is 0.0982. The minimum Gasteiger partial charge on any atom is -0.380 e. The fourth-order valence-corrected chi connectivity index (χ4v) is 2.70. The van der Waals surface area contributed by atoms with E-state index < -0.39 is 0 Å². The Morgan fingerprint density at radius 2 is 2.06 bits per heavy atom. The number of methoxy groups -OCH3 is 1. The molecule has 1 heterocycles. The summed E-state index contributed by atoms with van der Waals surface area (Å²) >= 11 is 0. The summed E-state index contributed by atoms with van der Waals surface area (Å²) in [5.74, 6) is 0. The van der Waals surface area contributed by atoms with Crippen LogP contribution < -0.4 is 5.73 Å². The highest BCUT2D eigenvalue weighted by atomic mass is 16.5. The maximum absolute atomic E-state index is 6.15. The third-order valence-electron chi connectivity index (χ3n) is 3.54. The van der Waals surface area contributed by atoms with Crippen LogP contribution in [0.15, 0.2) is 30.3 Å². The number of rotatable bonds is 4. The molecule has 0 aliphatic carbocycles. The topological polar surface area (TPSA) is 38.5 Å². The zero-order chi connectivity index (χ0) is 12.3. The van der Waals surface area contributed by atoms with Gasteiger partial charge in [0.15, 0.2) is 0 Å². The lowest BCUT2D eigenvalue weighted by Gasteiger charge is -2.31. The van der Waals surface area contributed by atoms with E-state index in [1.54, 1.807) is 7.11 Å². The van der Waals surface area contributed by atoms with Crippen molar-refractivity contribution in [1.29, 1.82) is 0 Å². The van der Waals surface area contributed by atoms with Crippen molar-refractivity contribution >= 4 is 0 Å². The Balaban J connectivity index is 2.14. The van der Waals surface area contributed by atoms with Gasteiger partial charge in [-0.2, -0.15) is 0 Å². The summed E-state index contributed by atoms with van der Waals surface area (Å²) in [5.41, 5.74) is 7.46. The Hall–Kier alpha value is -0.900. The van der Waals surface area contributed by atoms with E-state index in [9.17, 15) is 0 Å². The summed E-state index contributed by atoms with van der Waals surface area (Å²) in [5, 5.41) is 0. The Labute approximate surface area is 104 Å². The van der Waals surface area contributed by atoms with Crippen molar-refractivity contribution in [2.45, 2.75) is 31.5 Å². The monoisotopic (exact) mass is 234 g/mol. The van der Waals surface area contributed by atoms with Crippen LogP contribution in [0.25, 0.3) is 0 Å². The number of hydrogen-bond donors (Lipinski definition) is 1. The normalized spacial score (nSPS) is 24.8. The van der Waals surface area contributed by atoms with E-state index in [4.69, 9.17) is 10.5 Å². The maximum atomic E-state index is 6.15. The molecule has 0 spiro atoms. The largest absolute Gasteiger partial charge is 0.380 e. The van der Waals surface area contributed by atoms with Gasteiger partial charge in [0.05, 0.1) is 6.10 Å². The Morgan fingerprint density at radius 3 is 2.59 bits per heavy atom. The average Bonchev–Trinajstić information content (AvgIpc) is 2.79. The molecule has 1 aliphatic rings. The molecule has 3 unspecified atom stereocenters. The highest BCUT2D eigenvalue weighted by Crippen LogP contribution is 2.27. The van der Waals surface area contributed by atoms with Crippen LogP contribution >= 0.6 is 0 Å². The van der Waals surface area contributed by atoms with Crippen LogP contribution in [0.2, 0.25) is 0 Å². The van der Waals surface area contributed by atoms with Crippen LogP contribution in [0, 0.1) is 0 Å². The number of benzene rings is 1. The van der Waals surface area contributed by atoms with Crippen molar-refractivity contribution in [3.8, 4) is 0 Å². The summed E-state index contributed by atoms with van der Waals surface area (Å²) in [6.45, 7) is 4.13. The van der Waals surface area contributed by atoms with Gasteiger partial charge in [-0.1, -0.05) is 30.3 Å². The Kier molecular flexibility index (Phi) is 4.15. The van der Waals surface area contributed by atoms with Gasteiger partial charge < -0.3 is 10.5 Å². The first-order valence-electron chi connectivity index (χ1n) is 6.29. The second kappa shape index (κ2) is 5.63. The summed E-state index contributed by atoms with van der Waals surface area (Å²) in [6, 6.07) is 11.0. The predicted molar refractivity (Wildman–Crippen MR) is 69.8 cm³/mol. The first kappa shape index (κ1) is 12.6. The zero-order valence-electron chi connectivity index (χ0n) is 10.7. The van der Waals surface area contributed by atoms with Gasteiger partial charge in [-0.15, -0.1) is 0 Å². The van der Waals surface area contributed by atoms with E-state index in [1.165, 1.54) is 5.56 Å². The quantitative estimate of drug-likeness (QED) is 0.863. The molecule has 3 nitrogen and oxygen atoms in total. The van der Waals surface area contributed by atoms with E-state index in [2.05, 4.69) is 36.1 Å². The highest BCUT2D eigenvalue weighted by molar-refractivity contribution is 5.21. The van der Waals surface area contributed by atoms with Crippen molar-refractivity contribution in [2.75, 3.05) is 20.2 Å². The highest BCUT2D eigenvalue weighted by Gasteiger charge is 2.30. The molecular weight excluding hydrogens is 212 g/mol. The van der Waals surface area contributed by atoms with Gasteiger partial charge in [-0.05, 0) is 18.9 Å². The second-order valence-corrected chi connectivity index (χ2v) is 4.86. The molecule has 2 rings (SSSR count). The van der Waals surface area contributed by atoms with Crippen molar-refractivity contribution < 1.29 is 4.74 Å². The summed E-state index contributed by atoms with van der Waals surface area (Å²) in [6.07, 6.45) is 1.46. The van der Waals surface area contributed by atoms with Gasteiger partial charge in [-0.25, -0.2) is 0 Å². The number of ether oxygens (including phenoxy) is 1. The molecule has 0 bridgehead atoms. The number of nitrogens with two attached hydrogens (primary N) is 1. The maximum Gasteiger partial charge on any atom is 0.0710 e. The molecule has 94 valence electrons. The molecule has 1 fully saturated rings. The molecule has 3 heteroatoms. The summed E-state index contributed by atoms with van der Waals surface area (Å²) < 4.78 is 5.42. The lowest BCUT2D eigenvalue weighted by atomic mass is 10.00. The second-order valence-electron chi connectivity index (χ2n) is 4.86. The molecule has 0 radical (unpaired) electrons. The first-order chi connectivity index (χ1) is 8.22. The average molecular weight is 234 g/mol. The van der Waals surface area contributed by atoms with E-state index in [-0.39, 0.29) is 6.04 Å². The van der Waals surface area contributed by atoms with Crippen molar-refractivity contribution in [2.24, 2.45) is 5.73 Å². The lowest BCUT2D eigenvalue weighted by Crippen LogP contribution is -2.38. The predicted octanol–water partition coefficient (Wildman–Crippen LogP) is 1.80. The third-order valence-corrected chi connectivity index (χ3v) is 3.54. The minimum absolute atomic E-state index is 0.132. The van der Waals surface area contributed by atoms with Gasteiger partial charge >= 0.3 is 0 Å². The fraction of sp³-hybridized carbons (Fsp3) is 0.571. The zero-order valence-corrected chi connectivity index (χ0v) is 10.7. The standard InChI is InChI=1S/C14H22N2O/c1-11(15)14(12-6-4-3-5-7-12)16-9-8-13(10-16)17-2/h3-7,11,13-14H,8-10,15H2,1-2H3. The van der Waals surface area contributed by atoms with Crippen LogP contribution in [-0.2, 0) is 4.74 Å². The number of likely N-dealkylation sites (tertiary alicyclic amines) is 1. The molecule has 0 aromatic heterocycles. The van der Waals surface area contributed by atoms with E-state index in [0.717, 1.165) is 19.5 Å². The molecule has 1 saturated heterocycles. The van der Waals surface area contributed by atoms with Crippen LogP contribution in [-0.4, -0.2) is 37.2 Å². The summed E-state index contributed by atoms with van der Waals surface area (Å²) in [4.78, 5) is 2.44. The Morgan fingerprint density at radius 1 is 1.35 bits per heavy atom.